The van der Waals surface area contributed by atoms with Crippen LogP contribution < -0.4 is 14.2 Å². The zero-order valence-electron chi connectivity index (χ0n) is 33.6. The van der Waals surface area contributed by atoms with Gasteiger partial charge in [-0.1, -0.05) is 26.0 Å². The first-order valence-corrected chi connectivity index (χ1v) is 21.4. The van der Waals surface area contributed by atoms with E-state index in [-0.39, 0.29) is 68.2 Å². The third kappa shape index (κ3) is 8.89. The van der Waals surface area contributed by atoms with Crippen LogP contribution in [-0.4, -0.2) is 77.5 Å². The third-order valence-corrected chi connectivity index (χ3v) is 14.1. The van der Waals surface area contributed by atoms with Gasteiger partial charge in [0.2, 0.25) is 27.7 Å². The second-order valence-corrected chi connectivity index (χ2v) is 19.9. The number of halogens is 1. The lowest BCUT2D eigenvalue weighted by atomic mass is 9.82. The molecular formula is C42H56FN3O9S. The molecule has 7 atom stereocenters. The maximum absolute atomic E-state index is 15.1. The Morgan fingerprint density at radius 2 is 1.86 bits per heavy atom. The fourth-order valence-corrected chi connectivity index (χ4v) is 9.65. The molecule has 14 heteroatoms. The molecule has 0 radical (unpaired) electrons. The van der Waals surface area contributed by atoms with Crippen molar-refractivity contribution < 1.29 is 46.2 Å². The molecule has 12 nitrogen and oxygen atoms in total. The summed E-state index contributed by atoms with van der Waals surface area (Å²) in [6.07, 6.45) is 7.55. The third-order valence-electron chi connectivity index (χ3n) is 12.0. The Bertz CT molecular complexity index is 2010. The van der Waals surface area contributed by atoms with Crippen LogP contribution in [0.2, 0.25) is 0 Å². The molecule has 3 fully saturated rings. The minimum Gasteiger partial charge on any atom is -0.491 e. The number of hydrogen-bond donors (Lipinski definition) is 1. The van der Waals surface area contributed by atoms with Gasteiger partial charge < -0.3 is 19.1 Å². The average molecular weight is 798 g/mol. The normalized spacial score (nSPS) is 30.0. The molecule has 4 aliphatic rings. The summed E-state index contributed by atoms with van der Waals surface area (Å²) >= 11 is 0. The monoisotopic (exact) mass is 797 g/mol. The summed E-state index contributed by atoms with van der Waals surface area (Å²) in [5.41, 5.74) is -2.08. The summed E-state index contributed by atoms with van der Waals surface area (Å²) in [6.45, 7) is 12.9. The van der Waals surface area contributed by atoms with Gasteiger partial charge in [0.05, 0.1) is 41.7 Å². The van der Waals surface area contributed by atoms with E-state index < -0.39 is 73.2 Å². The predicted molar refractivity (Wildman–Crippen MR) is 208 cm³/mol. The highest BCUT2D eigenvalue weighted by molar-refractivity contribution is 7.91. The van der Waals surface area contributed by atoms with E-state index >= 15 is 4.39 Å². The predicted octanol–water partition coefficient (Wildman–Crippen LogP) is 6.45. The molecule has 1 N–H and O–H groups in total. The number of pyridine rings is 1. The van der Waals surface area contributed by atoms with Crippen LogP contribution >= 0.6 is 0 Å². The molecule has 0 unspecified atom stereocenters. The molecule has 56 heavy (non-hydrogen) atoms. The highest BCUT2D eigenvalue weighted by atomic mass is 32.2. The number of benzene rings is 1. The maximum Gasteiger partial charge on any atom is 0.307 e. The lowest BCUT2D eigenvalue weighted by molar-refractivity contribution is -0.160. The zero-order valence-corrected chi connectivity index (χ0v) is 34.4. The Hall–Kier alpha value is -4.07. The van der Waals surface area contributed by atoms with Gasteiger partial charge in [0.1, 0.15) is 11.7 Å². The zero-order chi connectivity index (χ0) is 40.8. The van der Waals surface area contributed by atoms with Crippen LogP contribution in [0.4, 0.5) is 4.39 Å². The van der Waals surface area contributed by atoms with E-state index in [0.29, 0.717) is 36.5 Å². The summed E-state index contributed by atoms with van der Waals surface area (Å²) in [7, 11) is -3.98. The molecule has 1 saturated heterocycles. The number of ketones is 1. The van der Waals surface area contributed by atoms with Crippen LogP contribution in [0.15, 0.2) is 36.5 Å². The first-order chi connectivity index (χ1) is 26.3. The van der Waals surface area contributed by atoms with Crippen molar-refractivity contribution in [1.29, 1.82) is 0 Å². The van der Waals surface area contributed by atoms with Gasteiger partial charge in [-0.15, -0.1) is 0 Å². The van der Waals surface area contributed by atoms with Crippen LogP contribution in [-0.2, 0) is 33.9 Å². The number of ether oxygens (including phenoxy) is 3. The first-order valence-electron chi connectivity index (χ1n) is 19.9. The van der Waals surface area contributed by atoms with Gasteiger partial charge in [-0.05, 0) is 114 Å². The number of carbonyl (C=O) groups is 4. The number of esters is 1. The van der Waals surface area contributed by atoms with E-state index in [0.717, 1.165) is 6.42 Å². The van der Waals surface area contributed by atoms with Gasteiger partial charge >= 0.3 is 5.97 Å². The first kappa shape index (κ1) is 41.6. The molecule has 0 bridgehead atoms. The topological polar surface area (TPSA) is 158 Å². The highest BCUT2D eigenvalue weighted by Crippen LogP contribution is 2.57. The summed E-state index contributed by atoms with van der Waals surface area (Å²) < 4.78 is 60.3. The van der Waals surface area contributed by atoms with E-state index in [4.69, 9.17) is 14.2 Å². The Balaban J connectivity index is 1.35. The van der Waals surface area contributed by atoms with Gasteiger partial charge in [0.15, 0.2) is 17.3 Å². The lowest BCUT2D eigenvalue weighted by Gasteiger charge is -2.32. The number of nitrogens with zero attached hydrogens (tertiary/aromatic N) is 2. The Kier molecular flexibility index (Phi) is 11.7. The minimum absolute atomic E-state index is 0.0326. The molecule has 0 spiro atoms. The number of nitrogens with one attached hydrogen (secondary N) is 1. The number of Topliss-reactive ketones (excluding diaryl/α,β-unsaturated/α-hetero) is 1. The molecule has 1 aromatic carbocycles. The van der Waals surface area contributed by atoms with E-state index in [1.807, 2.05) is 19.1 Å². The van der Waals surface area contributed by atoms with Crippen molar-refractivity contribution in [2.75, 3.05) is 13.2 Å². The van der Waals surface area contributed by atoms with E-state index in [1.165, 1.54) is 17.2 Å². The molecule has 2 aromatic rings. The maximum atomic E-state index is 15.1. The van der Waals surface area contributed by atoms with Gasteiger partial charge in [-0.25, -0.2) is 17.8 Å². The second kappa shape index (κ2) is 15.7. The number of rotatable bonds is 9. The number of hydrogen-bond acceptors (Lipinski definition) is 10. The van der Waals surface area contributed by atoms with Crippen LogP contribution in [0.1, 0.15) is 106 Å². The number of fused-ring (bicyclic) bond motifs is 3. The Morgan fingerprint density at radius 3 is 2.54 bits per heavy atom. The summed E-state index contributed by atoms with van der Waals surface area (Å²) in [5.74, 6) is -3.69. The minimum atomic E-state index is -3.98. The fourth-order valence-electron chi connectivity index (χ4n) is 8.31. The number of amides is 2. The highest BCUT2D eigenvalue weighted by Gasteiger charge is 2.62. The largest absolute Gasteiger partial charge is 0.491 e. The van der Waals surface area contributed by atoms with Gasteiger partial charge in [-0.2, -0.15) is 0 Å². The summed E-state index contributed by atoms with van der Waals surface area (Å²) in [6, 6.07) is 3.50. The standard InChI is InChI=1S/C42H56FN3O9S/c1-8-53-35-18-27-13-16-44-37(31(27)20-32(35)43)54-29-19-33-34(47)23-42(39(50)45-56(51,52)41(7)14-15-41)22-28(42)12-10-9-11-25(2)17-26(3)30(38(49)46(33)24-29)21-36(48)55-40(4,5)6/h10,12-13,16,18,20,25-26,28-30,33H,8-9,11,14-15,17,19,21-24H2,1-7H3,(H,45,50)/b12-10-/t25-,26+,28+,29+,30-,33-,42+/m0/s1. The number of aromatic nitrogens is 1. The molecule has 3 heterocycles. The van der Waals surface area contributed by atoms with Crippen molar-refractivity contribution in [3.05, 3.63) is 42.4 Å². The van der Waals surface area contributed by atoms with E-state index in [1.54, 1.807) is 46.8 Å². The fraction of sp³-hybridized carbons (Fsp3) is 0.643. The summed E-state index contributed by atoms with van der Waals surface area (Å²) in [5, 5.41) is 1.01. The van der Waals surface area contributed by atoms with Crippen molar-refractivity contribution in [1.82, 2.24) is 14.6 Å². The van der Waals surface area contributed by atoms with Gasteiger partial charge in [-0.3, -0.25) is 23.9 Å². The van der Waals surface area contributed by atoms with Crippen LogP contribution in [0.5, 0.6) is 11.6 Å². The van der Waals surface area contributed by atoms with E-state index in [9.17, 15) is 27.6 Å². The molecule has 6 rings (SSSR count). The van der Waals surface area contributed by atoms with Gasteiger partial charge in [0.25, 0.3) is 0 Å². The Labute approximate surface area is 329 Å². The molecule has 2 aliphatic carbocycles. The average Bonchev–Trinajstić information content (AvgIpc) is 3.98. The van der Waals surface area contributed by atoms with Crippen molar-refractivity contribution in [3.63, 3.8) is 0 Å². The molecule has 2 saturated carbocycles. The van der Waals surface area contributed by atoms with Crippen LogP contribution in [0.3, 0.4) is 0 Å². The number of carbonyl (C=O) groups excluding carboxylic acids is 4. The lowest BCUT2D eigenvalue weighted by Crippen LogP contribution is -2.48. The smallest absolute Gasteiger partial charge is 0.307 e. The van der Waals surface area contributed by atoms with Crippen molar-refractivity contribution in [2.45, 2.75) is 129 Å². The SMILES string of the molecule is CCOc1cc2ccnc(O[C@@H]3C[C@H]4C(=O)C[C@]5(C(=O)NS(=O)(=O)C6(C)CC6)C[C@H]5/C=C\CC[C@H](C)C[C@@H](C)[C@H](CC(=O)OC(C)(C)C)C(=O)N4C3)c2cc1F. The number of allylic oxidation sites excluding steroid dienone is 2. The van der Waals surface area contributed by atoms with Gasteiger partial charge in [0, 0.05) is 24.4 Å². The second-order valence-electron chi connectivity index (χ2n) is 17.7. The molecular weight excluding hydrogens is 742 g/mol. The molecule has 2 amide bonds. The van der Waals surface area contributed by atoms with Crippen molar-refractivity contribution in [3.8, 4) is 11.6 Å². The van der Waals surface area contributed by atoms with Crippen molar-refractivity contribution >= 4 is 44.4 Å². The molecule has 306 valence electrons. The van der Waals surface area contributed by atoms with Crippen molar-refractivity contribution in [2.24, 2.45) is 29.1 Å². The number of sulfonamides is 1. The quantitative estimate of drug-likeness (QED) is 0.221. The van der Waals surface area contributed by atoms with E-state index in [2.05, 4.69) is 16.6 Å². The Morgan fingerprint density at radius 1 is 1.12 bits per heavy atom. The van der Waals surface area contributed by atoms with Crippen LogP contribution in [0.25, 0.3) is 10.8 Å². The van der Waals surface area contributed by atoms with Crippen LogP contribution in [0, 0.1) is 34.9 Å². The summed E-state index contributed by atoms with van der Waals surface area (Å²) in [4.78, 5) is 62.6. The molecule has 1 aromatic heterocycles. The molecule has 2 aliphatic heterocycles.